The van der Waals surface area contributed by atoms with Crippen LogP contribution in [0.3, 0.4) is 0 Å². The number of thiophene rings is 1. The van der Waals surface area contributed by atoms with E-state index >= 15 is 0 Å². The number of rotatable bonds is 6. The number of nitrogens with zero attached hydrogens (tertiary/aromatic N) is 4. The van der Waals surface area contributed by atoms with Crippen molar-refractivity contribution in [2.45, 2.75) is 9.79 Å². The van der Waals surface area contributed by atoms with Crippen molar-refractivity contribution in [1.82, 2.24) is 20.1 Å². The van der Waals surface area contributed by atoms with E-state index in [0.717, 1.165) is 47.7 Å². The number of halogens is 1. The first kappa shape index (κ1) is 26.9. The number of benzene rings is 3. The molecule has 208 valence electrons. The number of hydrogen-bond acceptors (Lipinski definition) is 8. The minimum absolute atomic E-state index is 0.0458. The van der Waals surface area contributed by atoms with Crippen LogP contribution < -0.4 is 5.32 Å². The lowest BCUT2D eigenvalue weighted by Gasteiger charge is -2.26. The van der Waals surface area contributed by atoms with Gasteiger partial charge in [-0.05, 0) is 48.5 Å². The van der Waals surface area contributed by atoms with E-state index in [-0.39, 0.29) is 5.91 Å². The predicted octanol–water partition coefficient (Wildman–Crippen LogP) is 7.93. The number of morpholine rings is 1. The minimum atomic E-state index is 0.0458. The average Bonchev–Trinajstić information content (AvgIpc) is 3.48. The van der Waals surface area contributed by atoms with Crippen LogP contribution in [0, 0.1) is 0 Å². The summed E-state index contributed by atoms with van der Waals surface area (Å²) in [7, 11) is 0. The summed E-state index contributed by atoms with van der Waals surface area (Å²) >= 11 is 9.24. The highest BCUT2D eigenvalue weighted by atomic mass is 35.5. The topological polar surface area (TPSA) is 80.2 Å². The van der Waals surface area contributed by atoms with Crippen LogP contribution in [0.2, 0.25) is 5.02 Å². The van der Waals surface area contributed by atoms with Gasteiger partial charge in [0, 0.05) is 56.1 Å². The molecule has 4 heterocycles. The van der Waals surface area contributed by atoms with Crippen LogP contribution in [0.1, 0.15) is 9.67 Å². The third-order valence-corrected chi connectivity index (χ3v) is 9.63. The fourth-order valence-corrected chi connectivity index (χ4v) is 7.13. The first-order valence-corrected chi connectivity index (χ1v) is 15.5. The highest BCUT2D eigenvalue weighted by Crippen LogP contribution is 2.38. The number of pyridine rings is 1. The second-order valence-corrected chi connectivity index (χ2v) is 12.3. The second kappa shape index (κ2) is 11.7. The predicted molar refractivity (Wildman–Crippen MR) is 170 cm³/mol. The summed E-state index contributed by atoms with van der Waals surface area (Å²) in [6.07, 6.45) is 1.80. The van der Waals surface area contributed by atoms with Gasteiger partial charge in [0.25, 0.3) is 5.91 Å². The Balaban J connectivity index is 1.11. The zero-order chi connectivity index (χ0) is 28.5. The highest BCUT2D eigenvalue weighted by molar-refractivity contribution is 7.99. The van der Waals surface area contributed by atoms with Gasteiger partial charge in [-0.2, -0.15) is 0 Å². The molecule has 1 N–H and O–H groups in total. The lowest BCUT2D eigenvalue weighted by Crippen LogP contribution is -2.40. The van der Waals surface area contributed by atoms with Gasteiger partial charge in [0.15, 0.2) is 5.82 Å². The molecule has 0 spiro atoms. The van der Waals surface area contributed by atoms with Crippen molar-refractivity contribution in [3.8, 4) is 11.3 Å². The third kappa shape index (κ3) is 5.44. The van der Waals surface area contributed by atoms with Crippen LogP contribution in [-0.2, 0) is 4.74 Å². The first-order valence-electron chi connectivity index (χ1n) is 13.4. The number of ether oxygens (including phenoxy) is 1. The Hall–Kier alpha value is -4.02. The summed E-state index contributed by atoms with van der Waals surface area (Å²) in [6, 6.07) is 27.9. The van der Waals surface area contributed by atoms with E-state index in [2.05, 4.69) is 38.7 Å². The molecule has 1 amide bonds. The molecule has 10 heteroatoms. The van der Waals surface area contributed by atoms with E-state index in [9.17, 15) is 4.79 Å². The van der Waals surface area contributed by atoms with Gasteiger partial charge in [0.1, 0.15) is 5.69 Å². The Morgan fingerprint density at radius 3 is 2.48 bits per heavy atom. The van der Waals surface area contributed by atoms with Gasteiger partial charge in [-0.3, -0.25) is 9.78 Å². The largest absolute Gasteiger partial charge is 0.378 e. The second-order valence-electron chi connectivity index (χ2n) is 9.74. The molecule has 7 rings (SSSR count). The van der Waals surface area contributed by atoms with Crippen molar-refractivity contribution in [2.24, 2.45) is 0 Å². The van der Waals surface area contributed by atoms with Crippen LogP contribution in [0.4, 0.5) is 11.5 Å². The van der Waals surface area contributed by atoms with E-state index in [1.54, 1.807) is 18.0 Å². The SMILES string of the molecule is O=C(c1cc2nccc(Sc3ccc(Nc4nnc(-c5ccc(Cl)cc5)c5ccccc45)cc3)c2s1)N1CCOCC1. The lowest BCUT2D eigenvalue weighted by molar-refractivity contribution is 0.0306. The molecule has 1 aliphatic rings. The van der Waals surface area contributed by atoms with Gasteiger partial charge in [0.2, 0.25) is 0 Å². The zero-order valence-corrected chi connectivity index (χ0v) is 24.7. The monoisotopic (exact) mass is 609 g/mol. The van der Waals surface area contributed by atoms with Gasteiger partial charge < -0.3 is 15.0 Å². The number of aromatic nitrogens is 3. The number of fused-ring (bicyclic) bond motifs is 2. The number of nitrogens with one attached hydrogen (secondary N) is 1. The Morgan fingerprint density at radius 2 is 1.69 bits per heavy atom. The summed E-state index contributed by atoms with van der Waals surface area (Å²) in [5, 5.41) is 15.2. The van der Waals surface area contributed by atoms with Crippen molar-refractivity contribution in [1.29, 1.82) is 0 Å². The fraction of sp³-hybridized carbons (Fsp3) is 0.125. The van der Waals surface area contributed by atoms with Gasteiger partial charge >= 0.3 is 0 Å². The van der Waals surface area contributed by atoms with Crippen molar-refractivity contribution in [2.75, 3.05) is 31.6 Å². The number of carbonyl (C=O) groups excluding carboxylic acids is 1. The number of anilines is 2. The Morgan fingerprint density at radius 1 is 0.929 bits per heavy atom. The Bertz CT molecular complexity index is 1910. The molecule has 0 aliphatic carbocycles. The van der Waals surface area contributed by atoms with Gasteiger partial charge in [-0.25, -0.2) is 0 Å². The minimum Gasteiger partial charge on any atom is -0.378 e. The molecule has 1 saturated heterocycles. The highest BCUT2D eigenvalue weighted by Gasteiger charge is 2.21. The maximum Gasteiger partial charge on any atom is 0.264 e. The van der Waals surface area contributed by atoms with Crippen LogP contribution in [-0.4, -0.2) is 52.3 Å². The standard InChI is InChI=1S/C32H24ClN5O2S2/c33-21-7-5-20(6-8-21)29-24-3-1-2-4-25(24)31(37-36-29)35-22-9-11-23(12-10-22)41-27-13-14-34-26-19-28(42-30(26)27)32(39)38-15-17-40-18-16-38/h1-14,19H,15-18H2,(H,35,37). The molecule has 0 radical (unpaired) electrons. The smallest absolute Gasteiger partial charge is 0.264 e. The molecule has 0 unspecified atom stereocenters. The summed E-state index contributed by atoms with van der Waals surface area (Å²) in [4.78, 5) is 22.3. The molecule has 0 saturated carbocycles. The number of hydrogen-bond donors (Lipinski definition) is 1. The summed E-state index contributed by atoms with van der Waals surface area (Å²) in [5.41, 5.74) is 3.52. The lowest BCUT2D eigenvalue weighted by atomic mass is 10.0. The van der Waals surface area contributed by atoms with Crippen LogP contribution in [0.25, 0.3) is 32.2 Å². The molecule has 6 aromatic rings. The van der Waals surface area contributed by atoms with Crippen molar-refractivity contribution < 1.29 is 9.53 Å². The maximum atomic E-state index is 13.0. The van der Waals surface area contributed by atoms with E-state index in [4.69, 9.17) is 16.3 Å². The van der Waals surface area contributed by atoms with Gasteiger partial charge in [0.05, 0.1) is 28.3 Å². The molecule has 1 fully saturated rings. The van der Waals surface area contributed by atoms with Crippen molar-refractivity contribution in [3.05, 3.63) is 101 Å². The number of carbonyl (C=O) groups is 1. The Labute approximate surface area is 255 Å². The van der Waals surface area contributed by atoms with Gasteiger partial charge in [-0.15, -0.1) is 21.5 Å². The molecule has 3 aromatic carbocycles. The van der Waals surface area contributed by atoms with Crippen molar-refractivity contribution >= 4 is 73.1 Å². The van der Waals surface area contributed by atoms with Crippen LogP contribution >= 0.6 is 34.7 Å². The maximum absolute atomic E-state index is 13.0. The van der Waals surface area contributed by atoms with Gasteiger partial charge in [-0.1, -0.05) is 59.8 Å². The molecule has 3 aromatic heterocycles. The summed E-state index contributed by atoms with van der Waals surface area (Å²) < 4.78 is 6.41. The van der Waals surface area contributed by atoms with Crippen LogP contribution in [0.15, 0.2) is 101 Å². The number of amides is 1. The summed E-state index contributed by atoms with van der Waals surface area (Å²) in [5.74, 6) is 0.736. The third-order valence-electron chi connectivity index (χ3n) is 7.03. The fourth-order valence-electron chi connectivity index (χ4n) is 4.91. The summed E-state index contributed by atoms with van der Waals surface area (Å²) in [6.45, 7) is 2.41. The first-order chi connectivity index (χ1) is 20.6. The van der Waals surface area contributed by atoms with E-state index in [1.165, 1.54) is 11.3 Å². The van der Waals surface area contributed by atoms with Crippen LogP contribution in [0.5, 0.6) is 0 Å². The molecule has 0 bridgehead atoms. The van der Waals surface area contributed by atoms with E-state index in [0.29, 0.717) is 42.0 Å². The Kier molecular flexibility index (Phi) is 7.48. The normalized spacial score (nSPS) is 13.5. The van der Waals surface area contributed by atoms with Crippen molar-refractivity contribution in [3.63, 3.8) is 0 Å². The molecule has 0 atom stereocenters. The molecule has 1 aliphatic heterocycles. The van der Waals surface area contributed by atoms with E-state index in [1.807, 2.05) is 71.6 Å². The molecular weight excluding hydrogens is 586 g/mol. The quantitative estimate of drug-likeness (QED) is 0.205. The zero-order valence-electron chi connectivity index (χ0n) is 22.3. The molecule has 42 heavy (non-hydrogen) atoms. The molecule has 7 nitrogen and oxygen atoms in total. The van der Waals surface area contributed by atoms with E-state index < -0.39 is 0 Å². The average molecular weight is 610 g/mol. The molecular formula is C32H24ClN5O2S2.